The van der Waals surface area contributed by atoms with Crippen molar-refractivity contribution < 1.29 is 19.1 Å². The number of hydrogen-bond acceptors (Lipinski definition) is 4. The minimum Gasteiger partial charge on any atom is -0.496 e. The van der Waals surface area contributed by atoms with Crippen molar-refractivity contribution in [3.63, 3.8) is 0 Å². The molecule has 0 radical (unpaired) electrons. The Balaban J connectivity index is 1.37. The van der Waals surface area contributed by atoms with Crippen LogP contribution in [0.3, 0.4) is 0 Å². The summed E-state index contributed by atoms with van der Waals surface area (Å²) < 4.78 is 10.4. The summed E-state index contributed by atoms with van der Waals surface area (Å²) in [7, 11) is 1.60. The number of nitrogens with one attached hydrogen (secondary N) is 1. The molecule has 0 aliphatic heterocycles. The molecule has 1 amide bonds. The average molecular weight is 331 g/mol. The van der Waals surface area contributed by atoms with Crippen LogP contribution < -0.4 is 10.1 Å². The number of hydrogen-bond donors (Lipinski definition) is 1. The van der Waals surface area contributed by atoms with Crippen LogP contribution in [0.25, 0.3) is 0 Å². The van der Waals surface area contributed by atoms with Crippen LogP contribution in [0, 0.1) is 17.8 Å². The van der Waals surface area contributed by atoms with E-state index in [2.05, 4.69) is 5.32 Å². The van der Waals surface area contributed by atoms with Crippen molar-refractivity contribution >= 4 is 11.9 Å². The van der Waals surface area contributed by atoms with E-state index in [9.17, 15) is 9.59 Å². The molecular weight excluding hydrogens is 306 g/mol. The number of carbonyl (C=O) groups is 2. The normalized spacial score (nSPS) is 24.6. The second kappa shape index (κ2) is 7.69. The van der Waals surface area contributed by atoms with Gasteiger partial charge in [0.05, 0.1) is 7.11 Å². The Morgan fingerprint density at radius 3 is 2.75 bits per heavy atom. The maximum absolute atomic E-state index is 11.9. The minimum atomic E-state index is -0.290. The molecule has 0 saturated heterocycles. The molecule has 0 aromatic heterocycles. The largest absolute Gasteiger partial charge is 0.496 e. The lowest BCUT2D eigenvalue weighted by Crippen LogP contribution is -2.29. The van der Waals surface area contributed by atoms with Crippen molar-refractivity contribution in [3.8, 4) is 5.75 Å². The van der Waals surface area contributed by atoms with Crippen molar-refractivity contribution in [1.29, 1.82) is 0 Å². The van der Waals surface area contributed by atoms with Crippen molar-refractivity contribution in [2.75, 3.05) is 13.7 Å². The van der Waals surface area contributed by atoms with E-state index >= 15 is 0 Å². The predicted octanol–water partition coefficient (Wildman–Crippen LogP) is 2.68. The van der Waals surface area contributed by atoms with E-state index < -0.39 is 0 Å². The molecule has 2 aliphatic carbocycles. The van der Waals surface area contributed by atoms with Gasteiger partial charge in [0.1, 0.15) is 5.75 Å². The van der Waals surface area contributed by atoms with E-state index in [1.54, 1.807) is 7.11 Å². The van der Waals surface area contributed by atoms with Crippen LogP contribution in [0.2, 0.25) is 0 Å². The topological polar surface area (TPSA) is 64.6 Å². The summed E-state index contributed by atoms with van der Waals surface area (Å²) in [5.41, 5.74) is 0.890. The molecule has 3 atom stereocenters. The monoisotopic (exact) mass is 331 g/mol. The molecule has 1 aromatic rings. The Hall–Kier alpha value is -2.04. The number of ether oxygens (including phenoxy) is 2. The van der Waals surface area contributed by atoms with Crippen LogP contribution in [-0.4, -0.2) is 25.6 Å². The van der Waals surface area contributed by atoms with Crippen molar-refractivity contribution in [1.82, 2.24) is 5.32 Å². The molecule has 0 unspecified atom stereocenters. The molecule has 2 aliphatic rings. The van der Waals surface area contributed by atoms with Crippen molar-refractivity contribution in [3.05, 3.63) is 29.8 Å². The van der Waals surface area contributed by atoms with E-state index in [0.29, 0.717) is 24.8 Å². The summed E-state index contributed by atoms with van der Waals surface area (Å²) in [6.45, 7) is 0.140. The molecule has 1 aromatic carbocycles. The van der Waals surface area contributed by atoms with Gasteiger partial charge in [-0.05, 0) is 43.1 Å². The Morgan fingerprint density at radius 1 is 1.21 bits per heavy atom. The first kappa shape index (κ1) is 16.8. The first-order chi connectivity index (χ1) is 11.7. The second-order valence-electron chi connectivity index (χ2n) is 6.89. The van der Waals surface area contributed by atoms with Crippen LogP contribution in [0.4, 0.5) is 0 Å². The highest BCUT2D eigenvalue weighted by molar-refractivity contribution is 5.80. The first-order valence-electron chi connectivity index (χ1n) is 8.70. The highest BCUT2D eigenvalue weighted by Crippen LogP contribution is 2.49. The maximum Gasteiger partial charge on any atom is 0.306 e. The van der Waals surface area contributed by atoms with Crippen LogP contribution in [0.1, 0.15) is 37.7 Å². The van der Waals surface area contributed by atoms with Crippen LogP contribution in [-0.2, 0) is 20.9 Å². The van der Waals surface area contributed by atoms with Crippen molar-refractivity contribution in [2.45, 2.75) is 38.6 Å². The highest BCUT2D eigenvalue weighted by Gasteiger charge is 2.40. The molecule has 2 saturated carbocycles. The SMILES string of the molecule is COc1ccccc1CNC(=O)COC(=O)C[C@@H]1C[C@H]2CC[C@H]1C2. The van der Waals surface area contributed by atoms with Crippen LogP contribution in [0.5, 0.6) is 5.75 Å². The summed E-state index contributed by atoms with van der Waals surface area (Å²) in [5.74, 6) is 2.17. The number of amides is 1. The number of fused-ring (bicyclic) bond motifs is 2. The number of rotatable bonds is 7. The van der Waals surface area contributed by atoms with E-state index in [4.69, 9.17) is 9.47 Å². The highest BCUT2D eigenvalue weighted by atomic mass is 16.5. The molecule has 0 spiro atoms. The molecule has 3 rings (SSSR count). The summed E-state index contributed by atoms with van der Waals surface area (Å²) in [5, 5.41) is 2.75. The molecule has 130 valence electrons. The number of esters is 1. The number of methoxy groups -OCH3 is 1. The van der Waals surface area contributed by atoms with Gasteiger partial charge in [-0.3, -0.25) is 9.59 Å². The second-order valence-corrected chi connectivity index (χ2v) is 6.89. The van der Waals surface area contributed by atoms with Gasteiger partial charge in [-0.15, -0.1) is 0 Å². The summed E-state index contributed by atoms with van der Waals surface area (Å²) in [6, 6.07) is 7.50. The molecule has 5 heteroatoms. The molecule has 2 bridgehead atoms. The standard InChI is InChI=1S/C19H25NO4/c1-23-17-5-3-2-4-15(17)11-20-18(21)12-24-19(22)10-16-9-13-6-7-14(16)8-13/h2-5,13-14,16H,6-12H2,1H3,(H,20,21)/t13-,14-,16-/m0/s1. The lowest BCUT2D eigenvalue weighted by Gasteiger charge is -2.20. The van der Waals surface area contributed by atoms with E-state index in [1.165, 1.54) is 19.3 Å². The van der Waals surface area contributed by atoms with E-state index in [0.717, 1.165) is 23.7 Å². The average Bonchev–Trinajstić information content (AvgIpc) is 3.21. The summed E-state index contributed by atoms with van der Waals surface area (Å²) >= 11 is 0. The zero-order valence-corrected chi connectivity index (χ0v) is 14.1. The van der Waals surface area contributed by atoms with Gasteiger partial charge in [0.2, 0.25) is 0 Å². The van der Waals surface area contributed by atoms with E-state index in [-0.39, 0.29) is 18.5 Å². The molecule has 1 N–H and O–H groups in total. The smallest absolute Gasteiger partial charge is 0.306 e. The third kappa shape index (κ3) is 4.08. The zero-order valence-electron chi connectivity index (χ0n) is 14.1. The van der Waals surface area contributed by atoms with Gasteiger partial charge in [-0.1, -0.05) is 24.6 Å². The zero-order chi connectivity index (χ0) is 16.9. The minimum absolute atomic E-state index is 0.213. The number of para-hydroxylation sites is 1. The fourth-order valence-corrected chi connectivity index (χ4v) is 4.14. The Bertz CT molecular complexity index is 601. The lowest BCUT2D eigenvalue weighted by molar-refractivity contribution is -0.149. The van der Waals surface area contributed by atoms with Gasteiger partial charge < -0.3 is 14.8 Å². The predicted molar refractivity (Wildman–Crippen MR) is 89.4 cm³/mol. The molecule has 24 heavy (non-hydrogen) atoms. The lowest BCUT2D eigenvalue weighted by atomic mass is 9.86. The third-order valence-corrected chi connectivity index (χ3v) is 5.35. The first-order valence-corrected chi connectivity index (χ1v) is 8.70. The third-order valence-electron chi connectivity index (χ3n) is 5.35. The van der Waals surface area contributed by atoms with Gasteiger partial charge >= 0.3 is 5.97 Å². The summed E-state index contributed by atoms with van der Waals surface area (Å²) in [4.78, 5) is 23.8. The number of carbonyl (C=O) groups excluding carboxylic acids is 2. The van der Waals surface area contributed by atoms with E-state index in [1.807, 2.05) is 24.3 Å². The molecule has 2 fully saturated rings. The van der Waals surface area contributed by atoms with Gasteiger partial charge in [0.15, 0.2) is 6.61 Å². The van der Waals surface area contributed by atoms with Gasteiger partial charge in [0, 0.05) is 18.5 Å². The molecular formula is C19H25NO4. The Morgan fingerprint density at radius 2 is 2.04 bits per heavy atom. The fraction of sp³-hybridized carbons (Fsp3) is 0.579. The molecule has 5 nitrogen and oxygen atoms in total. The van der Waals surface area contributed by atoms with Crippen LogP contribution >= 0.6 is 0 Å². The molecule has 0 heterocycles. The number of benzene rings is 1. The Kier molecular flexibility index (Phi) is 5.38. The van der Waals surface area contributed by atoms with Gasteiger partial charge in [-0.25, -0.2) is 0 Å². The van der Waals surface area contributed by atoms with Gasteiger partial charge in [-0.2, -0.15) is 0 Å². The fourth-order valence-electron chi connectivity index (χ4n) is 4.14. The Labute approximate surface area is 142 Å². The maximum atomic E-state index is 11.9. The van der Waals surface area contributed by atoms with Crippen molar-refractivity contribution in [2.24, 2.45) is 17.8 Å². The van der Waals surface area contributed by atoms with Crippen LogP contribution in [0.15, 0.2) is 24.3 Å². The quantitative estimate of drug-likeness (QED) is 0.780. The van der Waals surface area contributed by atoms with Gasteiger partial charge in [0.25, 0.3) is 5.91 Å². The summed E-state index contributed by atoms with van der Waals surface area (Å²) in [6.07, 6.45) is 5.46.